The van der Waals surface area contributed by atoms with E-state index in [9.17, 15) is 19.2 Å². The average molecular weight is 516 g/mol. The number of nitrogens with zero attached hydrogens (tertiary/aromatic N) is 1. The van der Waals surface area contributed by atoms with Gasteiger partial charge in [0.15, 0.2) is 0 Å². The number of ketones is 2. The molecule has 168 valence electrons. The molecule has 2 saturated heterocycles. The Bertz CT molecular complexity index is 1330. The number of hydrogen-bond acceptors (Lipinski definition) is 5. The van der Waals surface area contributed by atoms with Crippen molar-refractivity contribution < 1.29 is 23.9 Å². The Morgan fingerprint density at radius 1 is 0.765 bits per heavy atom. The zero-order chi connectivity index (χ0) is 23.6. The largest absolute Gasteiger partial charge is 0.349 e. The third kappa shape index (κ3) is 2.77. The van der Waals surface area contributed by atoms with Crippen molar-refractivity contribution in [1.82, 2.24) is 4.90 Å². The van der Waals surface area contributed by atoms with Gasteiger partial charge < -0.3 is 4.74 Å². The van der Waals surface area contributed by atoms with Crippen molar-refractivity contribution in [3.8, 4) is 0 Å². The molecule has 0 saturated carbocycles. The Morgan fingerprint density at radius 2 is 1.35 bits per heavy atom. The van der Waals surface area contributed by atoms with Crippen molar-refractivity contribution in [2.75, 3.05) is 0 Å². The third-order valence-electron chi connectivity index (χ3n) is 6.99. The molecule has 2 aliphatic heterocycles. The van der Waals surface area contributed by atoms with Crippen molar-refractivity contribution in [2.24, 2.45) is 11.8 Å². The van der Waals surface area contributed by atoms with Gasteiger partial charge in [0.2, 0.25) is 29.0 Å². The lowest BCUT2D eigenvalue weighted by atomic mass is 9.77. The highest BCUT2D eigenvalue weighted by Gasteiger charge is 2.74. The van der Waals surface area contributed by atoms with Crippen LogP contribution in [0, 0.1) is 11.8 Å². The molecule has 1 aliphatic carbocycles. The van der Waals surface area contributed by atoms with Crippen molar-refractivity contribution >= 4 is 39.3 Å². The number of likely N-dealkylation sites (tertiary alicyclic amines) is 1. The Balaban J connectivity index is 1.49. The zero-order valence-corrected chi connectivity index (χ0v) is 19.4. The topological polar surface area (TPSA) is 80.8 Å². The van der Waals surface area contributed by atoms with Crippen LogP contribution in [0.25, 0.3) is 0 Å². The number of halogens is 1. The molecule has 3 aliphatic rings. The van der Waals surface area contributed by atoms with Crippen LogP contribution in [-0.2, 0) is 20.9 Å². The molecule has 0 radical (unpaired) electrons. The quantitative estimate of drug-likeness (QED) is 0.386. The van der Waals surface area contributed by atoms with Gasteiger partial charge in [0, 0.05) is 15.6 Å². The van der Waals surface area contributed by atoms with E-state index in [0.29, 0.717) is 5.56 Å². The molecule has 3 aromatic carbocycles. The van der Waals surface area contributed by atoms with Crippen LogP contribution in [0.4, 0.5) is 0 Å². The number of Topliss-reactive ketones (excluding diaryl/α,β-unsaturated/α-hetero) is 2. The molecule has 3 atom stereocenters. The Hall–Kier alpha value is -3.42. The number of amides is 2. The molecule has 6 nitrogen and oxygen atoms in total. The summed E-state index contributed by atoms with van der Waals surface area (Å²) in [4.78, 5) is 56.0. The molecule has 34 heavy (non-hydrogen) atoms. The fraction of sp³-hybridized carbons (Fsp3) is 0.185. The Kier molecular flexibility index (Phi) is 4.69. The summed E-state index contributed by atoms with van der Waals surface area (Å²) in [7, 11) is 0. The van der Waals surface area contributed by atoms with Gasteiger partial charge in [0.1, 0.15) is 0 Å². The minimum Gasteiger partial charge on any atom is -0.349 e. The van der Waals surface area contributed by atoms with Gasteiger partial charge in [-0.15, -0.1) is 0 Å². The molecule has 6 rings (SSSR count). The molecular formula is C27H18BrNO5. The molecule has 7 heteroatoms. The fourth-order valence-electron chi connectivity index (χ4n) is 5.45. The van der Waals surface area contributed by atoms with E-state index >= 15 is 0 Å². The third-order valence-corrected chi connectivity index (χ3v) is 7.52. The number of hydrogen-bond donors (Lipinski definition) is 0. The van der Waals surface area contributed by atoms with Crippen molar-refractivity contribution in [2.45, 2.75) is 18.2 Å². The second kappa shape index (κ2) is 7.55. The van der Waals surface area contributed by atoms with Gasteiger partial charge >= 0.3 is 0 Å². The molecule has 0 N–H and O–H groups in total. The van der Waals surface area contributed by atoms with Crippen molar-refractivity contribution in [1.29, 1.82) is 0 Å². The predicted octanol–water partition coefficient (Wildman–Crippen LogP) is 4.14. The summed E-state index contributed by atoms with van der Waals surface area (Å²) in [6, 6.07) is 22.8. The maximum absolute atomic E-state index is 13.7. The Labute approximate surface area is 203 Å². The summed E-state index contributed by atoms with van der Waals surface area (Å²) in [6.07, 6.45) is -0.905. The lowest BCUT2D eigenvalue weighted by Gasteiger charge is -2.27. The van der Waals surface area contributed by atoms with E-state index in [4.69, 9.17) is 4.74 Å². The minimum atomic E-state index is -2.04. The van der Waals surface area contributed by atoms with Gasteiger partial charge in [-0.2, -0.15) is 0 Å². The molecule has 0 unspecified atom stereocenters. The summed E-state index contributed by atoms with van der Waals surface area (Å²) < 4.78 is 7.10. The molecule has 2 amide bonds. The SMILES string of the molecule is O=C1[C@@H]2[C@@H](C(=O)N1Cc1ccccc1)C1(O[C@H]2c2ccc(Br)cc2)C(=O)c2ccccc2C1=O. The number of rotatable bonds is 3. The van der Waals surface area contributed by atoms with E-state index in [2.05, 4.69) is 15.9 Å². The van der Waals surface area contributed by atoms with E-state index in [-0.39, 0.29) is 17.7 Å². The number of benzene rings is 3. The first kappa shape index (κ1) is 21.1. The number of carbonyl (C=O) groups excluding carboxylic acids is 4. The number of imide groups is 1. The second-order valence-corrected chi connectivity index (χ2v) is 9.70. The molecule has 2 heterocycles. The first-order valence-corrected chi connectivity index (χ1v) is 11.7. The first-order valence-electron chi connectivity index (χ1n) is 10.9. The van der Waals surface area contributed by atoms with Gasteiger partial charge in [-0.05, 0) is 23.3 Å². The molecule has 1 spiro atoms. The summed E-state index contributed by atoms with van der Waals surface area (Å²) in [5.41, 5.74) is -0.167. The number of ether oxygens (including phenoxy) is 1. The van der Waals surface area contributed by atoms with E-state index in [1.54, 1.807) is 48.5 Å². The monoisotopic (exact) mass is 515 g/mol. The molecule has 0 aromatic heterocycles. The summed E-state index contributed by atoms with van der Waals surface area (Å²) in [6.45, 7) is 0.0734. The van der Waals surface area contributed by atoms with Crippen LogP contribution in [-0.4, -0.2) is 33.9 Å². The minimum absolute atomic E-state index is 0.0734. The number of carbonyl (C=O) groups is 4. The highest BCUT2D eigenvalue weighted by atomic mass is 79.9. The predicted molar refractivity (Wildman–Crippen MR) is 125 cm³/mol. The zero-order valence-electron chi connectivity index (χ0n) is 17.8. The van der Waals surface area contributed by atoms with Gasteiger partial charge in [-0.25, -0.2) is 0 Å². The summed E-state index contributed by atoms with van der Waals surface area (Å²) in [5.74, 6) is -4.27. The van der Waals surface area contributed by atoms with Gasteiger partial charge in [-0.3, -0.25) is 24.1 Å². The highest BCUT2D eigenvalue weighted by molar-refractivity contribution is 9.10. The highest BCUT2D eigenvalue weighted by Crippen LogP contribution is 2.57. The van der Waals surface area contributed by atoms with E-state index in [1.807, 2.05) is 30.3 Å². The summed E-state index contributed by atoms with van der Waals surface area (Å²) in [5, 5.41) is 0. The smallest absolute Gasteiger partial charge is 0.237 e. The molecule has 0 bridgehead atoms. The average Bonchev–Trinajstić information content (AvgIpc) is 3.41. The van der Waals surface area contributed by atoms with Crippen molar-refractivity contribution in [3.05, 3.63) is 106 Å². The van der Waals surface area contributed by atoms with Gasteiger partial charge in [0.25, 0.3) is 0 Å². The lowest BCUT2D eigenvalue weighted by molar-refractivity contribution is -0.145. The normalized spacial score (nSPS) is 24.7. The van der Waals surface area contributed by atoms with Crippen LogP contribution < -0.4 is 0 Å². The van der Waals surface area contributed by atoms with E-state index < -0.39 is 46.9 Å². The van der Waals surface area contributed by atoms with Crippen LogP contribution in [0.2, 0.25) is 0 Å². The maximum Gasteiger partial charge on any atom is 0.237 e. The molecule has 2 fully saturated rings. The van der Waals surface area contributed by atoms with E-state index in [0.717, 1.165) is 10.0 Å². The fourth-order valence-corrected chi connectivity index (χ4v) is 5.72. The molecule has 3 aromatic rings. The standard InChI is InChI=1S/C27H18BrNO5/c28-17-12-10-16(11-13-17)22-20-21(26(33)29(25(20)32)14-15-6-2-1-3-7-15)27(34-22)23(30)18-8-4-5-9-19(18)24(27)31/h1-13,20-22H,14H2/t20-,21+,22+/m1/s1. The van der Waals surface area contributed by atoms with Crippen LogP contribution >= 0.6 is 15.9 Å². The van der Waals surface area contributed by atoms with Gasteiger partial charge in [-0.1, -0.05) is 82.7 Å². The van der Waals surface area contributed by atoms with Crippen LogP contribution in [0.5, 0.6) is 0 Å². The van der Waals surface area contributed by atoms with Crippen LogP contribution in [0.3, 0.4) is 0 Å². The molecular weight excluding hydrogens is 498 g/mol. The number of fused-ring (bicyclic) bond motifs is 3. The van der Waals surface area contributed by atoms with Crippen LogP contribution in [0.15, 0.2) is 83.3 Å². The van der Waals surface area contributed by atoms with E-state index in [1.165, 1.54) is 4.90 Å². The Morgan fingerprint density at radius 3 is 1.97 bits per heavy atom. The maximum atomic E-state index is 13.7. The summed E-state index contributed by atoms with van der Waals surface area (Å²) >= 11 is 3.40. The first-order chi connectivity index (χ1) is 16.4. The lowest BCUT2D eigenvalue weighted by Crippen LogP contribution is -2.50. The van der Waals surface area contributed by atoms with Crippen LogP contribution in [0.1, 0.15) is 37.9 Å². The van der Waals surface area contributed by atoms with Gasteiger partial charge in [0.05, 0.1) is 24.5 Å². The second-order valence-electron chi connectivity index (χ2n) is 8.78. The van der Waals surface area contributed by atoms with Crippen molar-refractivity contribution in [3.63, 3.8) is 0 Å².